The van der Waals surface area contributed by atoms with E-state index in [1.165, 1.54) is 22.3 Å². The summed E-state index contributed by atoms with van der Waals surface area (Å²) in [7, 11) is 0. The van der Waals surface area contributed by atoms with Gasteiger partial charge < -0.3 is 16.4 Å². The Kier molecular flexibility index (Phi) is 6.10. The van der Waals surface area contributed by atoms with E-state index >= 15 is 0 Å². The normalized spacial score (nSPS) is 24.4. The lowest BCUT2D eigenvalue weighted by Crippen LogP contribution is -2.79. The number of ketones is 1. The monoisotopic (exact) mass is 364 g/mol. The maximum atomic E-state index is 12.8. The summed E-state index contributed by atoms with van der Waals surface area (Å²) in [6.07, 6.45) is 2.89. The van der Waals surface area contributed by atoms with E-state index in [0.29, 0.717) is 19.4 Å². The van der Waals surface area contributed by atoms with Gasteiger partial charge in [0.2, 0.25) is 0 Å². The van der Waals surface area contributed by atoms with E-state index in [-0.39, 0.29) is 6.54 Å². The summed E-state index contributed by atoms with van der Waals surface area (Å²) in [5.74, 6) is -1.34. The molecule has 1 aliphatic rings. The van der Waals surface area contributed by atoms with Crippen LogP contribution in [-0.4, -0.2) is 52.3 Å². The van der Waals surface area contributed by atoms with Crippen molar-refractivity contribution in [1.29, 1.82) is 0 Å². The number of nitrogens with two attached hydrogens (primary N) is 2. The number of urea groups is 1. The summed E-state index contributed by atoms with van der Waals surface area (Å²) in [6, 6.07) is 3.21. The van der Waals surface area contributed by atoms with E-state index in [0.717, 1.165) is 9.78 Å². The molecule has 25 heavy (non-hydrogen) atoms. The smallest absolute Gasteiger partial charge is 0.309 e. The van der Waals surface area contributed by atoms with Crippen LogP contribution >= 0.6 is 11.3 Å². The minimum Gasteiger partial charge on any atom is -0.309 e. The van der Waals surface area contributed by atoms with Crippen LogP contribution in [0.4, 0.5) is 4.79 Å². The molecular formula is C17H24N4O3S. The van der Waals surface area contributed by atoms with Crippen molar-refractivity contribution in [2.75, 3.05) is 13.1 Å². The Morgan fingerprint density at radius 2 is 2.00 bits per heavy atom. The van der Waals surface area contributed by atoms with Gasteiger partial charge >= 0.3 is 6.03 Å². The van der Waals surface area contributed by atoms with Crippen LogP contribution in [0.1, 0.15) is 31.6 Å². The van der Waals surface area contributed by atoms with Crippen molar-refractivity contribution in [3.63, 3.8) is 0 Å². The molecule has 1 aromatic heterocycles. The van der Waals surface area contributed by atoms with Gasteiger partial charge in [0.05, 0.1) is 0 Å². The molecule has 2 rings (SSSR count). The number of amides is 3. The summed E-state index contributed by atoms with van der Waals surface area (Å²) in [6.45, 7) is 4.26. The summed E-state index contributed by atoms with van der Waals surface area (Å²) in [4.78, 5) is 41.4. The van der Waals surface area contributed by atoms with E-state index in [9.17, 15) is 14.4 Å². The zero-order valence-electron chi connectivity index (χ0n) is 14.5. The number of rotatable bonds is 7. The Balaban J connectivity index is 2.37. The third-order valence-electron chi connectivity index (χ3n) is 4.14. The van der Waals surface area contributed by atoms with E-state index in [2.05, 4.69) is 0 Å². The van der Waals surface area contributed by atoms with Gasteiger partial charge in [-0.15, -0.1) is 11.3 Å². The average molecular weight is 364 g/mol. The first kappa shape index (κ1) is 19.3. The van der Waals surface area contributed by atoms with Gasteiger partial charge in [0.25, 0.3) is 5.91 Å². The maximum absolute atomic E-state index is 12.8. The molecule has 0 saturated carbocycles. The topological polar surface area (TPSA) is 110 Å². The first-order chi connectivity index (χ1) is 11.9. The molecule has 0 bridgehead atoms. The Morgan fingerprint density at radius 3 is 2.56 bits per heavy atom. The van der Waals surface area contributed by atoms with Crippen LogP contribution in [0, 0.1) is 0 Å². The Hall–Kier alpha value is -2.03. The summed E-state index contributed by atoms with van der Waals surface area (Å²) < 4.78 is 0. The molecule has 0 aliphatic carbocycles. The van der Waals surface area contributed by atoms with Crippen molar-refractivity contribution in [2.45, 2.75) is 38.4 Å². The Labute approximate surface area is 151 Å². The molecular weight excluding hydrogens is 340 g/mol. The molecule has 0 radical (unpaired) electrons. The third kappa shape index (κ3) is 3.51. The molecule has 0 spiro atoms. The van der Waals surface area contributed by atoms with E-state index in [1.54, 1.807) is 6.08 Å². The second kappa shape index (κ2) is 7.90. The van der Waals surface area contributed by atoms with Gasteiger partial charge in [-0.25, -0.2) is 4.79 Å². The maximum Gasteiger partial charge on any atom is 0.328 e. The fourth-order valence-electron chi connectivity index (χ4n) is 2.79. The van der Waals surface area contributed by atoms with E-state index in [4.69, 9.17) is 11.5 Å². The first-order valence-electron chi connectivity index (χ1n) is 8.30. The zero-order chi connectivity index (χ0) is 18.6. The van der Waals surface area contributed by atoms with Crippen molar-refractivity contribution in [1.82, 2.24) is 9.80 Å². The van der Waals surface area contributed by atoms with Crippen molar-refractivity contribution in [2.24, 2.45) is 11.5 Å². The van der Waals surface area contributed by atoms with Crippen molar-refractivity contribution in [3.8, 4) is 0 Å². The van der Waals surface area contributed by atoms with E-state index in [1.807, 2.05) is 31.4 Å². The molecule has 2 heterocycles. The molecule has 2 unspecified atom stereocenters. The van der Waals surface area contributed by atoms with Crippen molar-refractivity contribution in [3.05, 3.63) is 28.5 Å². The minimum atomic E-state index is -1.98. The number of imide groups is 1. The average Bonchev–Trinajstić information content (AvgIpc) is 3.12. The van der Waals surface area contributed by atoms with Crippen LogP contribution in [0.3, 0.4) is 0 Å². The lowest BCUT2D eigenvalue weighted by atomic mass is 9.86. The van der Waals surface area contributed by atoms with Gasteiger partial charge in [0, 0.05) is 18.0 Å². The van der Waals surface area contributed by atoms with E-state index < -0.39 is 29.4 Å². The molecule has 4 N–H and O–H groups in total. The standard InChI is InChI=1S/C17H24N4O3S/c1-3-9-20-14(18)17(19,15(23)21(10-4-2)16(20)24)13(22)8-7-12-6-5-11-25-12/h5-8,11,14H,3-4,9-10,18-19H2,1-2H3/b8-7+. The number of nitrogens with zero attached hydrogens (tertiary/aromatic N) is 2. The number of hydrogen-bond acceptors (Lipinski definition) is 6. The highest BCUT2D eigenvalue weighted by Gasteiger charge is 2.57. The summed E-state index contributed by atoms with van der Waals surface area (Å²) in [5, 5.41) is 1.88. The SMILES string of the molecule is CCCN1C(=O)N(CCC)C(N)C(N)(C(=O)/C=C/c2cccs2)C1=O. The van der Waals surface area contributed by atoms with Gasteiger partial charge in [0.1, 0.15) is 6.17 Å². The minimum absolute atomic E-state index is 0.200. The van der Waals surface area contributed by atoms with Crippen molar-refractivity contribution >= 4 is 35.1 Å². The highest BCUT2D eigenvalue weighted by Crippen LogP contribution is 2.25. The second-order valence-electron chi connectivity index (χ2n) is 5.96. The third-order valence-corrected chi connectivity index (χ3v) is 4.98. The second-order valence-corrected chi connectivity index (χ2v) is 6.94. The fraction of sp³-hybridized carbons (Fsp3) is 0.471. The zero-order valence-corrected chi connectivity index (χ0v) is 15.3. The summed E-state index contributed by atoms with van der Waals surface area (Å²) >= 11 is 1.46. The van der Waals surface area contributed by atoms with Gasteiger partial charge in [-0.2, -0.15) is 0 Å². The number of carbonyl (C=O) groups excluding carboxylic acids is 3. The molecule has 1 aromatic rings. The molecule has 1 fully saturated rings. The Bertz CT molecular complexity index is 673. The van der Waals surface area contributed by atoms with Crippen LogP contribution in [0.25, 0.3) is 6.08 Å². The number of hydrogen-bond donors (Lipinski definition) is 2. The largest absolute Gasteiger partial charge is 0.328 e. The molecule has 1 aliphatic heterocycles. The number of thiophene rings is 1. The van der Waals surface area contributed by atoms with Crippen LogP contribution < -0.4 is 11.5 Å². The highest BCUT2D eigenvalue weighted by molar-refractivity contribution is 7.10. The molecule has 1 saturated heterocycles. The van der Waals surface area contributed by atoms with Crippen LogP contribution in [0.15, 0.2) is 23.6 Å². The lowest BCUT2D eigenvalue weighted by molar-refractivity contribution is -0.146. The van der Waals surface area contributed by atoms with Gasteiger partial charge in [0.15, 0.2) is 11.3 Å². The highest BCUT2D eigenvalue weighted by atomic mass is 32.1. The van der Waals surface area contributed by atoms with Crippen LogP contribution in [0.5, 0.6) is 0 Å². The molecule has 136 valence electrons. The molecule has 7 nitrogen and oxygen atoms in total. The van der Waals surface area contributed by atoms with Crippen molar-refractivity contribution < 1.29 is 14.4 Å². The van der Waals surface area contributed by atoms with Gasteiger partial charge in [-0.05, 0) is 36.4 Å². The molecule has 3 amide bonds. The van der Waals surface area contributed by atoms with Gasteiger partial charge in [-0.3, -0.25) is 14.5 Å². The summed E-state index contributed by atoms with van der Waals surface area (Å²) in [5.41, 5.74) is 10.4. The molecule has 2 atom stereocenters. The predicted molar refractivity (Wildman–Crippen MR) is 97.7 cm³/mol. The number of carbonyl (C=O) groups is 3. The first-order valence-corrected chi connectivity index (χ1v) is 9.18. The lowest BCUT2D eigenvalue weighted by Gasteiger charge is -2.47. The van der Waals surface area contributed by atoms with Crippen LogP contribution in [0.2, 0.25) is 0 Å². The Morgan fingerprint density at radius 1 is 1.32 bits per heavy atom. The predicted octanol–water partition coefficient (Wildman–Crippen LogP) is 1.40. The fourth-order valence-corrected chi connectivity index (χ4v) is 3.40. The quantitative estimate of drug-likeness (QED) is 0.561. The van der Waals surface area contributed by atoms with Crippen LogP contribution in [-0.2, 0) is 9.59 Å². The molecule has 8 heteroatoms. The van der Waals surface area contributed by atoms with Gasteiger partial charge in [-0.1, -0.05) is 19.9 Å². The molecule has 0 aromatic carbocycles.